The molecule has 0 saturated carbocycles. The molecule has 18 heavy (non-hydrogen) atoms. The van der Waals surface area contributed by atoms with E-state index in [4.69, 9.17) is 0 Å². The Morgan fingerprint density at radius 1 is 1.00 bits per heavy atom. The lowest BCUT2D eigenvalue weighted by molar-refractivity contribution is 0.103. The van der Waals surface area contributed by atoms with E-state index in [0.717, 1.165) is 29.6 Å². The molecule has 0 aliphatic heterocycles. The van der Waals surface area contributed by atoms with E-state index in [9.17, 15) is 4.79 Å². The second kappa shape index (κ2) is 4.61. The summed E-state index contributed by atoms with van der Waals surface area (Å²) in [7, 11) is 0. The highest BCUT2D eigenvalue weighted by molar-refractivity contribution is 6.12. The Balaban J connectivity index is 1.99. The summed E-state index contributed by atoms with van der Waals surface area (Å²) in [5.74, 6) is 0.126. The summed E-state index contributed by atoms with van der Waals surface area (Å²) in [4.78, 5) is 12.5. The average molecular weight is 234 g/mol. The van der Waals surface area contributed by atoms with Gasteiger partial charge in [0, 0.05) is 11.1 Å². The second-order valence-corrected chi connectivity index (χ2v) is 4.49. The van der Waals surface area contributed by atoms with Crippen molar-refractivity contribution < 1.29 is 4.79 Å². The maximum atomic E-state index is 12.5. The second-order valence-electron chi connectivity index (χ2n) is 4.49. The fourth-order valence-electron chi connectivity index (χ4n) is 2.42. The van der Waals surface area contributed by atoms with Crippen molar-refractivity contribution in [1.29, 1.82) is 0 Å². The summed E-state index contributed by atoms with van der Waals surface area (Å²) in [5.41, 5.74) is 3.98. The number of hydrogen-bond donors (Lipinski definition) is 0. The molecule has 2 aliphatic carbocycles. The van der Waals surface area contributed by atoms with Crippen molar-refractivity contribution in [3.8, 4) is 0 Å². The highest BCUT2D eigenvalue weighted by Gasteiger charge is 2.19. The third-order valence-electron chi connectivity index (χ3n) is 3.33. The number of hydrogen-bond acceptors (Lipinski definition) is 1. The van der Waals surface area contributed by atoms with Crippen LogP contribution in [-0.4, -0.2) is 5.78 Å². The lowest BCUT2D eigenvalue weighted by Gasteiger charge is -2.06. The molecule has 1 nitrogen and oxygen atoms in total. The van der Waals surface area contributed by atoms with Crippen LogP contribution in [0, 0.1) is 0 Å². The first-order chi connectivity index (χ1) is 8.86. The molecule has 0 radical (unpaired) electrons. The van der Waals surface area contributed by atoms with E-state index in [0.29, 0.717) is 0 Å². The van der Waals surface area contributed by atoms with Crippen LogP contribution < -0.4 is 0 Å². The normalized spacial score (nSPS) is 17.4. The van der Waals surface area contributed by atoms with E-state index in [1.807, 2.05) is 36.4 Å². The van der Waals surface area contributed by atoms with Crippen LogP contribution in [-0.2, 0) is 0 Å². The quantitative estimate of drug-likeness (QED) is 0.722. The Labute approximate surface area is 107 Å². The lowest BCUT2D eigenvalue weighted by atomic mass is 9.96. The standard InChI is InChI=1S/C17H14O/c18-17(14-9-2-1-3-10-14)16-12-6-11-15(16)13-7-4-5-8-13/h1-4,6-10,12H,5,11H2. The van der Waals surface area contributed by atoms with Crippen molar-refractivity contribution in [2.45, 2.75) is 12.8 Å². The highest BCUT2D eigenvalue weighted by atomic mass is 16.1. The Bertz CT molecular complexity index is 598. The van der Waals surface area contributed by atoms with Gasteiger partial charge in [0.15, 0.2) is 5.78 Å². The monoisotopic (exact) mass is 234 g/mol. The molecular formula is C17H14O. The van der Waals surface area contributed by atoms with Gasteiger partial charge in [-0.1, -0.05) is 60.7 Å². The van der Waals surface area contributed by atoms with Crippen LogP contribution in [0.1, 0.15) is 23.2 Å². The van der Waals surface area contributed by atoms with Crippen LogP contribution in [0.25, 0.3) is 0 Å². The molecule has 0 heterocycles. The van der Waals surface area contributed by atoms with Crippen LogP contribution >= 0.6 is 0 Å². The third-order valence-corrected chi connectivity index (χ3v) is 3.33. The van der Waals surface area contributed by atoms with E-state index in [2.05, 4.69) is 24.3 Å². The van der Waals surface area contributed by atoms with E-state index < -0.39 is 0 Å². The molecule has 1 heteroatoms. The molecule has 0 atom stereocenters. The first-order valence-corrected chi connectivity index (χ1v) is 6.23. The number of benzene rings is 1. The molecule has 0 spiro atoms. The third kappa shape index (κ3) is 1.88. The average Bonchev–Trinajstić information content (AvgIpc) is 3.09. The van der Waals surface area contributed by atoms with Gasteiger partial charge in [0.1, 0.15) is 0 Å². The fourth-order valence-corrected chi connectivity index (χ4v) is 2.42. The van der Waals surface area contributed by atoms with Crippen LogP contribution in [0.3, 0.4) is 0 Å². The Morgan fingerprint density at radius 2 is 1.83 bits per heavy atom. The molecule has 0 amide bonds. The van der Waals surface area contributed by atoms with E-state index in [1.165, 1.54) is 5.57 Å². The topological polar surface area (TPSA) is 17.1 Å². The maximum Gasteiger partial charge on any atom is 0.193 e. The Hall–Kier alpha value is -2.15. The molecular weight excluding hydrogens is 220 g/mol. The Morgan fingerprint density at radius 3 is 2.56 bits per heavy atom. The number of carbonyl (C=O) groups excluding carboxylic acids is 1. The van der Waals surface area contributed by atoms with E-state index >= 15 is 0 Å². The number of ketones is 1. The molecule has 1 aromatic carbocycles. The number of rotatable bonds is 3. The van der Waals surface area contributed by atoms with E-state index in [1.54, 1.807) is 0 Å². The number of carbonyl (C=O) groups is 1. The number of Topliss-reactive ketones (excluding diaryl/α,β-unsaturated/α-hetero) is 1. The van der Waals surface area contributed by atoms with Crippen LogP contribution in [0.15, 0.2) is 77.4 Å². The predicted molar refractivity (Wildman–Crippen MR) is 73.4 cm³/mol. The minimum atomic E-state index is 0.126. The van der Waals surface area contributed by atoms with Gasteiger partial charge in [0.2, 0.25) is 0 Å². The molecule has 2 aliphatic rings. The lowest BCUT2D eigenvalue weighted by Crippen LogP contribution is -2.03. The largest absolute Gasteiger partial charge is 0.289 e. The van der Waals surface area contributed by atoms with Crippen molar-refractivity contribution in [3.05, 3.63) is 83.0 Å². The van der Waals surface area contributed by atoms with Crippen LogP contribution in [0.4, 0.5) is 0 Å². The molecule has 0 bridgehead atoms. The minimum Gasteiger partial charge on any atom is -0.289 e. The van der Waals surface area contributed by atoms with Gasteiger partial charge < -0.3 is 0 Å². The maximum absolute atomic E-state index is 12.5. The summed E-state index contributed by atoms with van der Waals surface area (Å²) in [5, 5.41) is 0. The number of allylic oxidation sites excluding steroid dienone is 8. The van der Waals surface area contributed by atoms with Crippen LogP contribution in [0.2, 0.25) is 0 Å². The first kappa shape index (κ1) is 11.0. The van der Waals surface area contributed by atoms with Crippen molar-refractivity contribution in [1.82, 2.24) is 0 Å². The SMILES string of the molecule is O=C(C1=C(C2=CCC=C2)CC=C1)c1ccccc1. The van der Waals surface area contributed by atoms with E-state index in [-0.39, 0.29) is 5.78 Å². The van der Waals surface area contributed by atoms with Gasteiger partial charge in [-0.15, -0.1) is 0 Å². The summed E-state index contributed by atoms with van der Waals surface area (Å²) < 4.78 is 0. The van der Waals surface area contributed by atoms with Crippen molar-refractivity contribution in [2.24, 2.45) is 0 Å². The first-order valence-electron chi connectivity index (χ1n) is 6.23. The molecule has 0 saturated heterocycles. The molecule has 0 N–H and O–H groups in total. The molecule has 1 aromatic rings. The van der Waals surface area contributed by atoms with Gasteiger partial charge in [-0.05, 0) is 24.0 Å². The fraction of sp³-hybridized carbons (Fsp3) is 0.118. The predicted octanol–water partition coefficient (Wildman–Crippen LogP) is 4.01. The minimum absolute atomic E-state index is 0.126. The molecule has 0 aromatic heterocycles. The zero-order chi connectivity index (χ0) is 12.4. The van der Waals surface area contributed by atoms with Gasteiger partial charge in [0.05, 0.1) is 0 Å². The van der Waals surface area contributed by atoms with Crippen LogP contribution in [0.5, 0.6) is 0 Å². The van der Waals surface area contributed by atoms with Gasteiger partial charge in [-0.2, -0.15) is 0 Å². The van der Waals surface area contributed by atoms with Crippen molar-refractivity contribution in [2.75, 3.05) is 0 Å². The van der Waals surface area contributed by atoms with Gasteiger partial charge in [0.25, 0.3) is 0 Å². The molecule has 3 rings (SSSR count). The van der Waals surface area contributed by atoms with Gasteiger partial charge in [-0.25, -0.2) is 0 Å². The van der Waals surface area contributed by atoms with Gasteiger partial charge >= 0.3 is 0 Å². The smallest absolute Gasteiger partial charge is 0.193 e. The molecule has 88 valence electrons. The van der Waals surface area contributed by atoms with Gasteiger partial charge in [-0.3, -0.25) is 4.79 Å². The molecule has 0 unspecified atom stereocenters. The highest BCUT2D eigenvalue weighted by Crippen LogP contribution is 2.31. The Kier molecular flexibility index (Phi) is 2.81. The van der Waals surface area contributed by atoms with Crippen molar-refractivity contribution >= 4 is 5.78 Å². The summed E-state index contributed by atoms with van der Waals surface area (Å²) >= 11 is 0. The summed E-state index contributed by atoms with van der Waals surface area (Å²) in [6.07, 6.45) is 12.3. The zero-order valence-electron chi connectivity index (χ0n) is 10.1. The zero-order valence-corrected chi connectivity index (χ0v) is 10.1. The molecule has 0 fully saturated rings. The van der Waals surface area contributed by atoms with Crippen molar-refractivity contribution in [3.63, 3.8) is 0 Å². The summed E-state index contributed by atoms with van der Waals surface area (Å²) in [6.45, 7) is 0. The summed E-state index contributed by atoms with van der Waals surface area (Å²) in [6, 6.07) is 9.48.